The number of carbonyl (C=O) groups excluding carboxylic acids is 1. The molecule has 1 N–H and O–H groups in total. The topological polar surface area (TPSA) is 53.9 Å². The Labute approximate surface area is 77.7 Å². The van der Waals surface area contributed by atoms with Gasteiger partial charge >= 0.3 is 6.03 Å². The zero-order valence-electron chi connectivity index (χ0n) is 8.20. The smallest absolute Gasteiger partial charge is 0.337 e. The second-order valence-corrected chi connectivity index (χ2v) is 3.72. The van der Waals surface area contributed by atoms with Crippen LogP contribution in [-0.2, 0) is 4.74 Å². The lowest BCUT2D eigenvalue weighted by atomic mass is 9.91. The largest absolute Gasteiger partial charge is 0.379 e. The van der Waals surface area contributed by atoms with Crippen LogP contribution in [0.15, 0.2) is 5.10 Å². The molecule has 0 radical (unpaired) electrons. The van der Waals surface area contributed by atoms with Crippen molar-refractivity contribution in [2.45, 2.75) is 6.92 Å². The van der Waals surface area contributed by atoms with Crippen molar-refractivity contribution < 1.29 is 9.53 Å². The minimum atomic E-state index is -0.222. The summed E-state index contributed by atoms with van der Waals surface area (Å²) in [6.45, 7) is 3.38. The summed E-state index contributed by atoms with van der Waals surface area (Å²) in [5, 5.41) is 3.84. The third-order valence-electron chi connectivity index (χ3n) is 1.81. The highest BCUT2D eigenvalue weighted by molar-refractivity contribution is 5.75. The van der Waals surface area contributed by atoms with Crippen LogP contribution in [0, 0.1) is 5.41 Å². The van der Waals surface area contributed by atoms with Gasteiger partial charge in [0.05, 0.1) is 18.6 Å². The van der Waals surface area contributed by atoms with Gasteiger partial charge in [0, 0.05) is 20.3 Å². The molecule has 1 aliphatic rings. The van der Waals surface area contributed by atoms with E-state index in [1.807, 2.05) is 6.92 Å². The summed E-state index contributed by atoms with van der Waals surface area (Å²) >= 11 is 0. The van der Waals surface area contributed by atoms with Gasteiger partial charge in [-0.1, -0.05) is 6.92 Å². The lowest BCUT2D eigenvalue weighted by Gasteiger charge is -2.33. The predicted octanol–water partition coefficient (Wildman–Crippen LogP) is 0.280. The van der Waals surface area contributed by atoms with Gasteiger partial charge in [-0.3, -0.25) is 0 Å². The molecule has 2 amide bonds. The Bertz CT molecular complexity index is 221. The van der Waals surface area contributed by atoms with Crippen LogP contribution in [-0.4, -0.2) is 44.5 Å². The maximum Gasteiger partial charge on any atom is 0.337 e. The lowest BCUT2D eigenvalue weighted by Crippen LogP contribution is -2.42. The Balaban J connectivity index is 2.29. The monoisotopic (exact) mass is 185 g/mol. The van der Waals surface area contributed by atoms with Crippen LogP contribution in [0.4, 0.5) is 4.79 Å². The number of hydrazone groups is 1. The number of hydrogen-bond donors (Lipinski definition) is 1. The lowest BCUT2D eigenvalue weighted by molar-refractivity contribution is -0.0556. The van der Waals surface area contributed by atoms with E-state index in [0.717, 1.165) is 0 Å². The van der Waals surface area contributed by atoms with Crippen molar-refractivity contribution in [3.8, 4) is 0 Å². The molecule has 13 heavy (non-hydrogen) atoms. The van der Waals surface area contributed by atoms with E-state index in [2.05, 4.69) is 10.5 Å². The first-order chi connectivity index (χ1) is 6.03. The quantitative estimate of drug-likeness (QED) is 0.496. The van der Waals surface area contributed by atoms with Crippen LogP contribution in [0.1, 0.15) is 6.92 Å². The van der Waals surface area contributed by atoms with Crippen LogP contribution in [0.25, 0.3) is 0 Å². The van der Waals surface area contributed by atoms with E-state index in [4.69, 9.17) is 4.74 Å². The van der Waals surface area contributed by atoms with Crippen LogP contribution < -0.4 is 5.43 Å². The molecule has 0 aromatic carbocycles. The minimum Gasteiger partial charge on any atom is -0.379 e. The third kappa shape index (κ3) is 2.69. The molecular weight excluding hydrogens is 170 g/mol. The Kier molecular flexibility index (Phi) is 2.87. The summed E-state index contributed by atoms with van der Waals surface area (Å²) in [4.78, 5) is 12.4. The van der Waals surface area contributed by atoms with Gasteiger partial charge in [-0.05, 0) is 0 Å². The summed E-state index contributed by atoms with van der Waals surface area (Å²) in [6.07, 6.45) is 1.72. The van der Waals surface area contributed by atoms with Crippen molar-refractivity contribution in [3.63, 3.8) is 0 Å². The molecule has 1 fully saturated rings. The number of carbonyl (C=O) groups is 1. The molecule has 0 unspecified atom stereocenters. The normalized spacial score (nSPS) is 19.6. The molecule has 1 rings (SSSR count). The molecule has 0 saturated carbocycles. The zero-order chi connectivity index (χ0) is 9.90. The minimum absolute atomic E-state index is 0.000404. The van der Waals surface area contributed by atoms with E-state index in [0.29, 0.717) is 13.2 Å². The maximum atomic E-state index is 11.0. The Morgan fingerprint density at radius 2 is 2.23 bits per heavy atom. The summed E-state index contributed by atoms with van der Waals surface area (Å²) < 4.78 is 5.03. The first-order valence-electron chi connectivity index (χ1n) is 4.13. The molecule has 1 saturated heterocycles. The molecule has 1 heterocycles. The van der Waals surface area contributed by atoms with Gasteiger partial charge < -0.3 is 9.64 Å². The van der Waals surface area contributed by atoms with E-state index in [-0.39, 0.29) is 11.4 Å². The first kappa shape index (κ1) is 9.98. The fraction of sp³-hybridized carbons (Fsp3) is 0.750. The van der Waals surface area contributed by atoms with Crippen molar-refractivity contribution in [1.29, 1.82) is 0 Å². The molecule has 0 bridgehead atoms. The standard InChI is InChI=1S/C8H15N3O2/c1-8(5-13-6-8)4-9-10-7(12)11(2)3/h4H,5-6H2,1-3H3,(H,10,12)/b9-4+. The molecule has 74 valence electrons. The molecule has 1 aliphatic heterocycles. The van der Waals surface area contributed by atoms with Crippen molar-refractivity contribution in [3.05, 3.63) is 0 Å². The summed E-state index contributed by atoms with van der Waals surface area (Å²) in [6, 6.07) is -0.222. The Morgan fingerprint density at radius 3 is 2.62 bits per heavy atom. The Hall–Kier alpha value is -1.10. The van der Waals surface area contributed by atoms with Gasteiger partial charge in [-0.15, -0.1) is 0 Å². The Morgan fingerprint density at radius 1 is 1.62 bits per heavy atom. The van der Waals surface area contributed by atoms with E-state index in [1.165, 1.54) is 4.90 Å². The molecule has 5 nitrogen and oxygen atoms in total. The number of nitrogens with one attached hydrogen (secondary N) is 1. The number of urea groups is 1. The average molecular weight is 185 g/mol. The second kappa shape index (κ2) is 3.74. The van der Waals surface area contributed by atoms with Crippen LogP contribution >= 0.6 is 0 Å². The van der Waals surface area contributed by atoms with Gasteiger partial charge in [0.15, 0.2) is 0 Å². The van der Waals surface area contributed by atoms with Crippen molar-refractivity contribution >= 4 is 12.2 Å². The summed E-state index contributed by atoms with van der Waals surface area (Å²) in [7, 11) is 3.33. The summed E-state index contributed by atoms with van der Waals surface area (Å²) in [5.41, 5.74) is 2.41. The second-order valence-electron chi connectivity index (χ2n) is 3.72. The molecule has 0 aromatic heterocycles. The van der Waals surface area contributed by atoms with E-state index in [1.54, 1.807) is 20.3 Å². The van der Waals surface area contributed by atoms with Gasteiger partial charge in [0.1, 0.15) is 0 Å². The molecule has 0 aliphatic carbocycles. The molecule has 0 spiro atoms. The SMILES string of the molecule is CN(C)C(=O)N/N=C/C1(C)COC1. The van der Waals surface area contributed by atoms with E-state index in [9.17, 15) is 4.79 Å². The van der Waals surface area contributed by atoms with Gasteiger partial charge in [-0.25, -0.2) is 10.2 Å². The average Bonchev–Trinajstić information content (AvgIpc) is 2.01. The highest BCUT2D eigenvalue weighted by atomic mass is 16.5. The van der Waals surface area contributed by atoms with Crippen molar-refractivity contribution in [2.75, 3.05) is 27.3 Å². The maximum absolute atomic E-state index is 11.0. The van der Waals surface area contributed by atoms with Gasteiger partial charge in [0.25, 0.3) is 0 Å². The highest BCUT2D eigenvalue weighted by Crippen LogP contribution is 2.23. The molecule has 0 aromatic rings. The van der Waals surface area contributed by atoms with Crippen LogP contribution in [0.5, 0.6) is 0 Å². The van der Waals surface area contributed by atoms with E-state index >= 15 is 0 Å². The van der Waals surface area contributed by atoms with Crippen molar-refractivity contribution in [1.82, 2.24) is 10.3 Å². The fourth-order valence-corrected chi connectivity index (χ4v) is 0.842. The van der Waals surface area contributed by atoms with Gasteiger partial charge in [-0.2, -0.15) is 5.10 Å². The molecular formula is C8H15N3O2. The van der Waals surface area contributed by atoms with E-state index < -0.39 is 0 Å². The molecule has 5 heteroatoms. The number of amides is 2. The fourth-order valence-electron chi connectivity index (χ4n) is 0.842. The first-order valence-corrected chi connectivity index (χ1v) is 4.13. The van der Waals surface area contributed by atoms with Crippen LogP contribution in [0.3, 0.4) is 0 Å². The third-order valence-corrected chi connectivity index (χ3v) is 1.81. The number of nitrogens with zero attached hydrogens (tertiary/aromatic N) is 2. The number of rotatable bonds is 2. The highest BCUT2D eigenvalue weighted by Gasteiger charge is 2.31. The summed E-state index contributed by atoms with van der Waals surface area (Å²) in [5.74, 6) is 0. The molecule has 0 atom stereocenters. The number of ether oxygens (including phenoxy) is 1. The predicted molar refractivity (Wildman–Crippen MR) is 49.6 cm³/mol. The van der Waals surface area contributed by atoms with Gasteiger partial charge in [0.2, 0.25) is 0 Å². The van der Waals surface area contributed by atoms with Crippen LogP contribution in [0.2, 0.25) is 0 Å². The van der Waals surface area contributed by atoms with Crippen molar-refractivity contribution in [2.24, 2.45) is 10.5 Å². The number of hydrogen-bond acceptors (Lipinski definition) is 3. The zero-order valence-corrected chi connectivity index (χ0v) is 8.20.